The number of halogens is 2. The van der Waals surface area contributed by atoms with Gasteiger partial charge in [0.2, 0.25) is 5.95 Å². The third kappa shape index (κ3) is 2.66. The Labute approximate surface area is 120 Å². The van der Waals surface area contributed by atoms with Gasteiger partial charge in [0.15, 0.2) is 0 Å². The molecule has 0 saturated heterocycles. The first-order chi connectivity index (χ1) is 9.24. The van der Waals surface area contributed by atoms with Crippen LogP contribution in [0.4, 0.5) is 16.0 Å². The van der Waals surface area contributed by atoms with Crippen molar-refractivity contribution < 1.29 is 4.39 Å². The Morgan fingerprint density at radius 2 is 2.11 bits per heavy atom. The van der Waals surface area contributed by atoms with Crippen molar-refractivity contribution in [2.45, 2.75) is 31.7 Å². The second-order valence-electron chi connectivity index (χ2n) is 4.85. The van der Waals surface area contributed by atoms with Crippen molar-refractivity contribution in [1.29, 1.82) is 0 Å². The summed E-state index contributed by atoms with van der Waals surface area (Å²) >= 11 is 3.15. The molecule has 0 bridgehead atoms. The van der Waals surface area contributed by atoms with Crippen LogP contribution < -0.4 is 5.32 Å². The lowest BCUT2D eigenvalue weighted by Crippen LogP contribution is -2.08. The Balaban J connectivity index is 1.83. The Morgan fingerprint density at radius 3 is 2.84 bits per heavy atom. The first-order valence-corrected chi connectivity index (χ1v) is 7.28. The molecule has 0 radical (unpaired) electrons. The molecule has 100 valence electrons. The predicted molar refractivity (Wildman–Crippen MR) is 77.1 cm³/mol. The van der Waals surface area contributed by atoms with Gasteiger partial charge in [-0.2, -0.15) is 0 Å². The zero-order chi connectivity index (χ0) is 13.2. The van der Waals surface area contributed by atoms with Gasteiger partial charge in [0.05, 0.1) is 4.47 Å². The van der Waals surface area contributed by atoms with Gasteiger partial charge >= 0.3 is 0 Å². The van der Waals surface area contributed by atoms with Gasteiger partial charge in [0.1, 0.15) is 5.82 Å². The van der Waals surface area contributed by atoms with E-state index in [2.05, 4.69) is 30.8 Å². The summed E-state index contributed by atoms with van der Waals surface area (Å²) in [5.74, 6) is 0.512. The summed E-state index contributed by atoms with van der Waals surface area (Å²) in [5.41, 5.74) is 0.714. The van der Waals surface area contributed by atoms with Crippen LogP contribution in [0.5, 0.6) is 0 Å². The SMILES string of the molecule is Fc1cc(Nc2nccn2C2CCCC2)ccc1Br. The number of hydrogen-bond acceptors (Lipinski definition) is 2. The molecule has 0 atom stereocenters. The summed E-state index contributed by atoms with van der Waals surface area (Å²) in [7, 11) is 0. The van der Waals surface area contributed by atoms with Crippen molar-refractivity contribution >= 4 is 27.6 Å². The summed E-state index contributed by atoms with van der Waals surface area (Å²) in [6.45, 7) is 0. The molecule has 19 heavy (non-hydrogen) atoms. The first-order valence-electron chi connectivity index (χ1n) is 6.49. The Hall–Kier alpha value is -1.36. The minimum atomic E-state index is -0.274. The monoisotopic (exact) mass is 323 g/mol. The van der Waals surface area contributed by atoms with Gasteiger partial charge in [0.25, 0.3) is 0 Å². The molecular formula is C14H15BrFN3. The molecule has 5 heteroatoms. The van der Waals surface area contributed by atoms with Crippen LogP contribution in [0.1, 0.15) is 31.7 Å². The molecule has 3 rings (SSSR count). The molecular weight excluding hydrogens is 309 g/mol. The molecule has 1 fully saturated rings. The highest BCUT2D eigenvalue weighted by atomic mass is 79.9. The van der Waals surface area contributed by atoms with Crippen LogP contribution in [0.25, 0.3) is 0 Å². The van der Waals surface area contributed by atoms with Gasteiger partial charge in [-0.05, 0) is 47.0 Å². The molecule has 1 aromatic carbocycles. The zero-order valence-corrected chi connectivity index (χ0v) is 12.0. The smallest absolute Gasteiger partial charge is 0.207 e. The van der Waals surface area contributed by atoms with Gasteiger partial charge in [-0.3, -0.25) is 0 Å². The fraction of sp³-hybridized carbons (Fsp3) is 0.357. The lowest BCUT2D eigenvalue weighted by atomic mass is 10.2. The quantitative estimate of drug-likeness (QED) is 0.891. The second kappa shape index (κ2) is 5.33. The zero-order valence-electron chi connectivity index (χ0n) is 10.4. The summed E-state index contributed by atoms with van der Waals surface area (Å²) in [6, 6.07) is 5.52. The van der Waals surface area contributed by atoms with Gasteiger partial charge < -0.3 is 9.88 Å². The van der Waals surface area contributed by atoms with Crippen LogP contribution in [-0.2, 0) is 0 Å². The molecule has 1 aliphatic rings. The molecule has 1 heterocycles. The highest BCUT2D eigenvalue weighted by Gasteiger charge is 2.19. The number of imidazole rings is 1. The lowest BCUT2D eigenvalue weighted by Gasteiger charge is -2.15. The van der Waals surface area contributed by atoms with E-state index in [4.69, 9.17) is 0 Å². The highest BCUT2D eigenvalue weighted by Crippen LogP contribution is 2.32. The van der Waals surface area contributed by atoms with E-state index in [-0.39, 0.29) is 5.82 Å². The van der Waals surface area contributed by atoms with Crippen LogP contribution in [0.15, 0.2) is 35.1 Å². The van der Waals surface area contributed by atoms with Crippen molar-refractivity contribution in [3.63, 3.8) is 0 Å². The summed E-state index contributed by atoms with van der Waals surface area (Å²) < 4.78 is 16.1. The average molecular weight is 324 g/mol. The molecule has 0 spiro atoms. The van der Waals surface area contributed by atoms with Crippen molar-refractivity contribution in [3.8, 4) is 0 Å². The van der Waals surface area contributed by atoms with Crippen molar-refractivity contribution in [2.24, 2.45) is 0 Å². The maximum Gasteiger partial charge on any atom is 0.207 e. The van der Waals surface area contributed by atoms with Crippen molar-refractivity contribution in [3.05, 3.63) is 40.9 Å². The minimum Gasteiger partial charge on any atom is -0.326 e. The van der Waals surface area contributed by atoms with Crippen molar-refractivity contribution in [2.75, 3.05) is 5.32 Å². The summed E-state index contributed by atoms with van der Waals surface area (Å²) in [6.07, 6.45) is 8.72. The molecule has 0 aliphatic heterocycles. The number of aromatic nitrogens is 2. The number of benzene rings is 1. The van der Waals surface area contributed by atoms with E-state index >= 15 is 0 Å². The van der Waals surface area contributed by atoms with Gasteiger partial charge in [-0.15, -0.1) is 0 Å². The van der Waals surface area contributed by atoms with Crippen LogP contribution in [0, 0.1) is 5.82 Å². The van der Waals surface area contributed by atoms with E-state index in [9.17, 15) is 4.39 Å². The standard InChI is InChI=1S/C14H15BrFN3/c15-12-6-5-10(9-13(12)16)18-14-17-7-8-19(14)11-3-1-2-4-11/h5-9,11H,1-4H2,(H,17,18). The molecule has 1 aromatic heterocycles. The van der Waals surface area contributed by atoms with Crippen LogP contribution >= 0.6 is 15.9 Å². The third-order valence-electron chi connectivity index (χ3n) is 3.56. The van der Waals surface area contributed by atoms with Crippen molar-refractivity contribution in [1.82, 2.24) is 9.55 Å². The first kappa shape index (κ1) is 12.7. The topological polar surface area (TPSA) is 29.9 Å². The normalized spacial score (nSPS) is 15.9. The Bertz CT molecular complexity index is 576. The Kier molecular flexibility index (Phi) is 3.55. The number of hydrogen-bond donors (Lipinski definition) is 1. The minimum absolute atomic E-state index is 0.274. The predicted octanol–water partition coefficient (Wildman–Crippen LogP) is 4.64. The maximum atomic E-state index is 13.5. The van der Waals surface area contributed by atoms with E-state index in [0.717, 1.165) is 5.95 Å². The molecule has 0 amide bonds. The van der Waals surface area contributed by atoms with Gasteiger partial charge in [-0.25, -0.2) is 9.37 Å². The average Bonchev–Trinajstić information content (AvgIpc) is 3.04. The fourth-order valence-electron chi connectivity index (χ4n) is 2.59. The molecule has 1 saturated carbocycles. The second-order valence-corrected chi connectivity index (χ2v) is 5.70. The van der Waals surface area contributed by atoms with E-state index in [1.165, 1.54) is 31.7 Å². The fourth-order valence-corrected chi connectivity index (χ4v) is 2.84. The Morgan fingerprint density at radius 1 is 1.32 bits per heavy atom. The number of anilines is 2. The van der Waals surface area contributed by atoms with Gasteiger partial charge in [0, 0.05) is 24.1 Å². The van der Waals surface area contributed by atoms with Crippen LogP contribution in [0.3, 0.4) is 0 Å². The number of nitrogens with zero attached hydrogens (tertiary/aromatic N) is 2. The maximum absolute atomic E-state index is 13.5. The summed E-state index contributed by atoms with van der Waals surface area (Å²) in [4.78, 5) is 4.33. The highest BCUT2D eigenvalue weighted by molar-refractivity contribution is 9.10. The van der Waals surface area contributed by atoms with E-state index in [0.29, 0.717) is 16.2 Å². The molecule has 1 N–H and O–H groups in total. The largest absolute Gasteiger partial charge is 0.326 e. The van der Waals surface area contributed by atoms with Gasteiger partial charge in [-0.1, -0.05) is 12.8 Å². The molecule has 0 unspecified atom stereocenters. The molecule has 1 aliphatic carbocycles. The van der Waals surface area contributed by atoms with Crippen LogP contribution in [0.2, 0.25) is 0 Å². The molecule has 2 aromatic rings. The third-order valence-corrected chi connectivity index (χ3v) is 4.21. The number of nitrogens with one attached hydrogen (secondary N) is 1. The molecule has 3 nitrogen and oxygen atoms in total. The van der Waals surface area contributed by atoms with E-state index in [1.54, 1.807) is 12.3 Å². The van der Waals surface area contributed by atoms with E-state index < -0.39 is 0 Å². The van der Waals surface area contributed by atoms with E-state index in [1.807, 2.05) is 12.3 Å². The van der Waals surface area contributed by atoms with Crippen LogP contribution in [-0.4, -0.2) is 9.55 Å². The lowest BCUT2D eigenvalue weighted by molar-refractivity contribution is 0.525. The summed E-state index contributed by atoms with van der Waals surface area (Å²) in [5, 5.41) is 3.19. The number of rotatable bonds is 3.